The number of nitrogens with one attached hydrogen (secondary N) is 1. The lowest BCUT2D eigenvalue weighted by atomic mass is 10.3. The minimum absolute atomic E-state index is 0.134. The fraction of sp³-hybridized carbons (Fsp3) is 0.167. The van der Waals surface area contributed by atoms with Crippen LogP contribution in [0.2, 0.25) is 0 Å². The van der Waals surface area contributed by atoms with E-state index in [1.54, 1.807) is 24.3 Å². The highest BCUT2D eigenvalue weighted by Gasteiger charge is 2.40. The molecule has 7 heteroatoms. The first-order valence-electron chi connectivity index (χ1n) is 7.61. The molecule has 0 radical (unpaired) electrons. The van der Waals surface area contributed by atoms with Crippen LogP contribution in [0.5, 0.6) is 0 Å². The first-order chi connectivity index (χ1) is 11.9. The van der Waals surface area contributed by atoms with Crippen LogP contribution in [-0.2, 0) is 14.4 Å². The third-order valence-corrected chi connectivity index (χ3v) is 5.56. The molecule has 0 spiro atoms. The summed E-state index contributed by atoms with van der Waals surface area (Å²) >= 11 is 3.55. The van der Waals surface area contributed by atoms with Crippen LogP contribution in [0.25, 0.3) is 0 Å². The van der Waals surface area contributed by atoms with Crippen LogP contribution < -0.4 is 10.2 Å². The molecule has 1 atom stereocenters. The van der Waals surface area contributed by atoms with Gasteiger partial charge in [0.1, 0.15) is 0 Å². The van der Waals surface area contributed by atoms with E-state index < -0.39 is 5.25 Å². The standard InChI is InChI=1S/C18H15IN2O3S/c1-11(22)20-13-4-8-15(9-5-13)25-16-10-17(23)21(18(16)24)14-6-2-12(19)3-7-14/h2-9,16H,10H2,1H3,(H,20,22). The molecular formula is C18H15IN2O3S. The third kappa shape index (κ3) is 4.21. The Hall–Kier alpha value is -1.87. The van der Waals surface area contributed by atoms with Crippen LogP contribution in [-0.4, -0.2) is 23.0 Å². The Morgan fingerprint density at radius 3 is 2.36 bits per heavy atom. The Morgan fingerprint density at radius 2 is 1.76 bits per heavy atom. The molecule has 25 heavy (non-hydrogen) atoms. The van der Waals surface area contributed by atoms with E-state index in [1.165, 1.54) is 23.6 Å². The van der Waals surface area contributed by atoms with E-state index in [0.717, 1.165) is 8.47 Å². The SMILES string of the molecule is CC(=O)Nc1ccc(SC2CC(=O)N(c3ccc(I)cc3)C2=O)cc1. The van der Waals surface area contributed by atoms with Crippen LogP contribution in [0, 0.1) is 3.57 Å². The van der Waals surface area contributed by atoms with E-state index in [4.69, 9.17) is 0 Å². The molecular weight excluding hydrogens is 451 g/mol. The van der Waals surface area contributed by atoms with Gasteiger partial charge in [-0.3, -0.25) is 14.4 Å². The summed E-state index contributed by atoms with van der Waals surface area (Å²) in [5, 5.41) is 2.26. The Morgan fingerprint density at radius 1 is 1.12 bits per heavy atom. The topological polar surface area (TPSA) is 66.5 Å². The molecule has 2 aromatic rings. The van der Waals surface area contributed by atoms with Gasteiger partial charge in [0.25, 0.3) is 0 Å². The van der Waals surface area contributed by atoms with Crippen molar-refractivity contribution in [3.63, 3.8) is 0 Å². The Bertz CT molecular complexity index is 821. The van der Waals surface area contributed by atoms with Gasteiger partial charge < -0.3 is 5.32 Å². The van der Waals surface area contributed by atoms with Gasteiger partial charge in [-0.2, -0.15) is 0 Å². The quantitative estimate of drug-likeness (QED) is 0.552. The molecule has 3 amide bonds. The molecule has 0 aliphatic carbocycles. The van der Waals surface area contributed by atoms with Crippen molar-refractivity contribution in [3.05, 3.63) is 52.1 Å². The molecule has 1 fully saturated rings. The summed E-state index contributed by atoms with van der Waals surface area (Å²) in [6, 6.07) is 14.5. The molecule has 0 saturated carbocycles. The number of nitrogens with zero attached hydrogens (tertiary/aromatic N) is 1. The molecule has 1 unspecified atom stereocenters. The maximum Gasteiger partial charge on any atom is 0.247 e. The van der Waals surface area contributed by atoms with E-state index in [2.05, 4.69) is 27.9 Å². The van der Waals surface area contributed by atoms with Crippen molar-refractivity contribution >= 4 is 63.4 Å². The van der Waals surface area contributed by atoms with Gasteiger partial charge in [0, 0.05) is 27.5 Å². The minimum atomic E-state index is -0.432. The number of benzene rings is 2. The zero-order valence-corrected chi connectivity index (χ0v) is 16.3. The van der Waals surface area contributed by atoms with Gasteiger partial charge in [-0.05, 0) is 71.1 Å². The van der Waals surface area contributed by atoms with E-state index >= 15 is 0 Å². The lowest BCUT2D eigenvalue weighted by Crippen LogP contribution is -2.31. The molecule has 1 aliphatic rings. The number of carbonyl (C=O) groups is 3. The van der Waals surface area contributed by atoms with Gasteiger partial charge in [0.2, 0.25) is 17.7 Å². The number of halogens is 1. The number of anilines is 2. The van der Waals surface area contributed by atoms with Crippen LogP contribution in [0.4, 0.5) is 11.4 Å². The van der Waals surface area contributed by atoms with Crippen LogP contribution in [0.1, 0.15) is 13.3 Å². The van der Waals surface area contributed by atoms with Crippen molar-refractivity contribution in [1.29, 1.82) is 0 Å². The fourth-order valence-electron chi connectivity index (χ4n) is 2.54. The Balaban J connectivity index is 1.71. The molecule has 128 valence electrons. The number of thioether (sulfide) groups is 1. The summed E-state index contributed by atoms with van der Waals surface area (Å²) in [6.45, 7) is 1.45. The van der Waals surface area contributed by atoms with Gasteiger partial charge in [-0.25, -0.2) is 4.90 Å². The summed E-state index contributed by atoms with van der Waals surface area (Å²) in [7, 11) is 0. The smallest absolute Gasteiger partial charge is 0.247 e. The van der Waals surface area contributed by atoms with Crippen molar-refractivity contribution in [2.45, 2.75) is 23.5 Å². The molecule has 2 aromatic carbocycles. The Kier molecular flexibility index (Phi) is 5.43. The lowest BCUT2D eigenvalue weighted by Gasteiger charge is -2.15. The Labute approximate surface area is 163 Å². The minimum Gasteiger partial charge on any atom is -0.326 e. The summed E-state index contributed by atoms with van der Waals surface area (Å²) in [5.74, 6) is -0.508. The van der Waals surface area contributed by atoms with Crippen molar-refractivity contribution in [2.75, 3.05) is 10.2 Å². The van der Waals surface area contributed by atoms with Gasteiger partial charge in [-0.1, -0.05) is 0 Å². The summed E-state index contributed by atoms with van der Waals surface area (Å²) in [4.78, 5) is 38.1. The summed E-state index contributed by atoms with van der Waals surface area (Å²) in [5.41, 5.74) is 1.31. The summed E-state index contributed by atoms with van der Waals surface area (Å²) < 4.78 is 1.05. The van der Waals surface area contributed by atoms with E-state index in [0.29, 0.717) is 11.4 Å². The predicted molar refractivity (Wildman–Crippen MR) is 107 cm³/mol. The van der Waals surface area contributed by atoms with E-state index in [-0.39, 0.29) is 24.1 Å². The highest BCUT2D eigenvalue weighted by atomic mass is 127. The van der Waals surface area contributed by atoms with E-state index in [1.807, 2.05) is 24.3 Å². The zero-order valence-electron chi connectivity index (χ0n) is 13.4. The normalized spacial score (nSPS) is 17.0. The van der Waals surface area contributed by atoms with Gasteiger partial charge in [0.05, 0.1) is 10.9 Å². The van der Waals surface area contributed by atoms with E-state index in [9.17, 15) is 14.4 Å². The van der Waals surface area contributed by atoms with Crippen molar-refractivity contribution in [2.24, 2.45) is 0 Å². The highest BCUT2D eigenvalue weighted by Crippen LogP contribution is 2.34. The molecule has 5 nitrogen and oxygen atoms in total. The second-order valence-electron chi connectivity index (χ2n) is 5.56. The predicted octanol–water partition coefficient (Wildman–Crippen LogP) is 3.67. The molecule has 3 rings (SSSR count). The second kappa shape index (κ2) is 7.57. The van der Waals surface area contributed by atoms with Gasteiger partial charge in [-0.15, -0.1) is 11.8 Å². The first kappa shape index (κ1) is 17.9. The molecule has 0 aromatic heterocycles. The first-order valence-corrected chi connectivity index (χ1v) is 9.56. The van der Waals surface area contributed by atoms with Gasteiger partial charge in [0.15, 0.2) is 0 Å². The zero-order chi connectivity index (χ0) is 18.0. The number of carbonyl (C=O) groups excluding carboxylic acids is 3. The largest absolute Gasteiger partial charge is 0.326 e. The number of amides is 3. The molecule has 1 heterocycles. The van der Waals surface area contributed by atoms with Crippen LogP contribution in [0.15, 0.2) is 53.4 Å². The molecule has 1 aliphatic heterocycles. The van der Waals surface area contributed by atoms with Crippen LogP contribution >= 0.6 is 34.4 Å². The average Bonchev–Trinajstić information content (AvgIpc) is 2.84. The van der Waals surface area contributed by atoms with Crippen molar-refractivity contribution in [3.8, 4) is 0 Å². The monoisotopic (exact) mass is 466 g/mol. The fourth-order valence-corrected chi connectivity index (χ4v) is 3.96. The summed E-state index contributed by atoms with van der Waals surface area (Å²) in [6.07, 6.45) is 0.183. The second-order valence-corrected chi connectivity index (χ2v) is 8.08. The third-order valence-electron chi connectivity index (χ3n) is 3.64. The molecule has 1 saturated heterocycles. The number of hydrogen-bond acceptors (Lipinski definition) is 4. The maximum absolute atomic E-state index is 12.6. The highest BCUT2D eigenvalue weighted by molar-refractivity contribution is 14.1. The van der Waals surface area contributed by atoms with Crippen molar-refractivity contribution < 1.29 is 14.4 Å². The number of rotatable bonds is 4. The number of imide groups is 1. The lowest BCUT2D eigenvalue weighted by molar-refractivity contribution is -0.121. The van der Waals surface area contributed by atoms with Crippen LogP contribution in [0.3, 0.4) is 0 Å². The number of hydrogen-bond donors (Lipinski definition) is 1. The molecule has 0 bridgehead atoms. The maximum atomic E-state index is 12.6. The molecule has 1 N–H and O–H groups in total. The van der Waals surface area contributed by atoms with Crippen molar-refractivity contribution in [1.82, 2.24) is 0 Å². The average molecular weight is 466 g/mol. The van der Waals surface area contributed by atoms with Gasteiger partial charge >= 0.3 is 0 Å².